The van der Waals surface area contributed by atoms with Gasteiger partial charge in [-0.2, -0.15) is 13.2 Å². The highest BCUT2D eigenvalue weighted by atomic mass is 32.1. The van der Waals surface area contributed by atoms with Crippen molar-refractivity contribution >= 4 is 17.3 Å². The maximum atomic E-state index is 12.4. The summed E-state index contributed by atoms with van der Waals surface area (Å²) in [5.74, 6) is 0.645. The molecule has 0 fully saturated rings. The lowest BCUT2D eigenvalue weighted by atomic mass is 10.4. The van der Waals surface area contributed by atoms with E-state index in [1.807, 2.05) is 14.1 Å². The van der Waals surface area contributed by atoms with E-state index in [2.05, 4.69) is 25.5 Å². The van der Waals surface area contributed by atoms with Crippen molar-refractivity contribution in [1.82, 2.24) is 20.5 Å². The van der Waals surface area contributed by atoms with Gasteiger partial charge in [0.25, 0.3) is 0 Å². The molecule has 1 rings (SSSR count). The maximum Gasteiger partial charge on any atom is 0.434 e. The summed E-state index contributed by atoms with van der Waals surface area (Å²) in [6, 6.07) is 0. The molecule has 1 aromatic rings. The minimum Gasteiger partial charge on any atom is -0.356 e. The lowest BCUT2D eigenvalue weighted by Crippen LogP contribution is -2.39. The molecule has 9 heteroatoms. The first-order valence-corrected chi connectivity index (χ1v) is 7.81. The van der Waals surface area contributed by atoms with E-state index < -0.39 is 11.9 Å². The summed E-state index contributed by atoms with van der Waals surface area (Å²) in [7, 11) is 5.68. The summed E-state index contributed by atoms with van der Waals surface area (Å²) in [5, 5.41) is 7.73. The molecule has 0 aliphatic heterocycles. The van der Waals surface area contributed by atoms with Crippen molar-refractivity contribution in [1.29, 1.82) is 0 Å². The molecule has 0 saturated carbocycles. The van der Waals surface area contributed by atoms with E-state index in [4.69, 9.17) is 0 Å². The van der Waals surface area contributed by atoms with Gasteiger partial charge < -0.3 is 15.5 Å². The van der Waals surface area contributed by atoms with Crippen molar-refractivity contribution in [3.63, 3.8) is 0 Å². The zero-order valence-corrected chi connectivity index (χ0v) is 13.8. The van der Waals surface area contributed by atoms with Gasteiger partial charge in [0.05, 0.1) is 5.01 Å². The molecular weight excluding hydrogens is 315 g/mol. The third kappa shape index (κ3) is 7.08. The molecule has 2 N–H and O–H groups in total. The number of thiazole rings is 1. The SMILES string of the molecule is CN=C(NCCCN(C)C)NCCc1nc(C(F)(F)F)cs1. The Hall–Kier alpha value is -1.35. The third-order valence-corrected chi connectivity index (χ3v) is 3.68. The first-order valence-electron chi connectivity index (χ1n) is 6.93. The summed E-state index contributed by atoms with van der Waals surface area (Å²) in [5.41, 5.74) is -0.821. The molecule has 5 nitrogen and oxygen atoms in total. The summed E-state index contributed by atoms with van der Waals surface area (Å²) in [6.45, 7) is 2.24. The fourth-order valence-corrected chi connectivity index (χ4v) is 2.47. The van der Waals surface area contributed by atoms with Crippen molar-refractivity contribution in [3.8, 4) is 0 Å². The maximum absolute atomic E-state index is 12.4. The summed E-state index contributed by atoms with van der Waals surface area (Å²) >= 11 is 1.02. The molecule has 22 heavy (non-hydrogen) atoms. The van der Waals surface area contributed by atoms with E-state index >= 15 is 0 Å². The van der Waals surface area contributed by atoms with Crippen LogP contribution in [0.4, 0.5) is 13.2 Å². The van der Waals surface area contributed by atoms with Crippen LogP contribution in [0.5, 0.6) is 0 Å². The zero-order valence-electron chi connectivity index (χ0n) is 13.0. The van der Waals surface area contributed by atoms with Crippen LogP contribution < -0.4 is 10.6 Å². The molecule has 0 aliphatic rings. The lowest BCUT2D eigenvalue weighted by molar-refractivity contribution is -0.140. The fraction of sp³-hybridized carbons (Fsp3) is 0.692. The fourth-order valence-electron chi connectivity index (χ4n) is 1.67. The Morgan fingerprint density at radius 2 is 2.00 bits per heavy atom. The molecule has 0 spiro atoms. The average molecular weight is 337 g/mol. The second kappa shape index (κ2) is 8.94. The summed E-state index contributed by atoms with van der Waals surface area (Å²) < 4.78 is 37.3. The van der Waals surface area contributed by atoms with E-state index in [1.54, 1.807) is 7.05 Å². The van der Waals surface area contributed by atoms with Crippen LogP contribution >= 0.6 is 11.3 Å². The number of halogens is 3. The topological polar surface area (TPSA) is 52.6 Å². The van der Waals surface area contributed by atoms with Crippen molar-refractivity contribution in [3.05, 3.63) is 16.1 Å². The third-order valence-electron chi connectivity index (χ3n) is 2.77. The van der Waals surface area contributed by atoms with Crippen molar-refractivity contribution in [2.45, 2.75) is 19.0 Å². The number of rotatable bonds is 7. The van der Waals surface area contributed by atoms with Gasteiger partial charge in [-0.25, -0.2) is 4.98 Å². The van der Waals surface area contributed by atoms with Gasteiger partial charge >= 0.3 is 6.18 Å². The van der Waals surface area contributed by atoms with E-state index in [1.165, 1.54) is 0 Å². The van der Waals surface area contributed by atoms with Crippen LogP contribution in [0.3, 0.4) is 0 Å². The highest BCUT2D eigenvalue weighted by Gasteiger charge is 2.33. The Balaban J connectivity index is 2.28. The summed E-state index contributed by atoms with van der Waals surface area (Å²) in [4.78, 5) is 9.75. The number of nitrogens with zero attached hydrogens (tertiary/aromatic N) is 3. The van der Waals surface area contributed by atoms with E-state index in [0.717, 1.165) is 36.2 Å². The molecule has 0 radical (unpaired) electrons. The van der Waals surface area contributed by atoms with Crippen LogP contribution in [-0.2, 0) is 12.6 Å². The van der Waals surface area contributed by atoms with Crippen LogP contribution in [0.1, 0.15) is 17.1 Å². The standard InChI is InChI=1S/C13H22F3N5S/c1-17-12(18-6-4-8-21(2)3)19-7-5-11-20-10(9-22-11)13(14,15)16/h9H,4-8H2,1-3H3,(H2,17,18,19). The Morgan fingerprint density at radius 3 is 2.55 bits per heavy atom. The highest BCUT2D eigenvalue weighted by Crippen LogP contribution is 2.29. The van der Waals surface area contributed by atoms with Gasteiger partial charge in [0.15, 0.2) is 11.7 Å². The molecule has 0 bridgehead atoms. The molecule has 0 amide bonds. The molecule has 0 unspecified atom stereocenters. The molecule has 0 aromatic carbocycles. The van der Waals surface area contributed by atoms with Crippen LogP contribution in [0.2, 0.25) is 0 Å². The van der Waals surface area contributed by atoms with E-state index in [9.17, 15) is 13.2 Å². The number of aliphatic imine (C=N–C) groups is 1. The first-order chi connectivity index (χ1) is 10.3. The number of hydrogen-bond acceptors (Lipinski definition) is 4. The Kier molecular flexibility index (Phi) is 7.60. The van der Waals surface area contributed by atoms with Gasteiger partial charge in [0.1, 0.15) is 0 Å². The van der Waals surface area contributed by atoms with Crippen LogP contribution in [0.15, 0.2) is 10.4 Å². The van der Waals surface area contributed by atoms with Crippen molar-refractivity contribution in [2.24, 2.45) is 4.99 Å². The zero-order chi connectivity index (χ0) is 16.6. The number of nitrogens with one attached hydrogen (secondary N) is 2. The van der Waals surface area contributed by atoms with Gasteiger partial charge in [-0.15, -0.1) is 11.3 Å². The second-order valence-corrected chi connectivity index (χ2v) is 5.90. The molecule has 1 aromatic heterocycles. The minimum absolute atomic E-state index is 0.430. The second-order valence-electron chi connectivity index (χ2n) is 4.96. The number of alkyl halides is 3. The Morgan fingerprint density at radius 1 is 1.32 bits per heavy atom. The Bertz CT molecular complexity index is 470. The normalized spacial score (nSPS) is 12.8. The van der Waals surface area contributed by atoms with Crippen LogP contribution in [0, 0.1) is 0 Å². The number of aromatic nitrogens is 1. The highest BCUT2D eigenvalue weighted by molar-refractivity contribution is 7.09. The monoisotopic (exact) mass is 337 g/mol. The van der Waals surface area contributed by atoms with Crippen LogP contribution in [0.25, 0.3) is 0 Å². The quantitative estimate of drug-likeness (QED) is 0.453. The lowest BCUT2D eigenvalue weighted by Gasteiger charge is -2.13. The van der Waals surface area contributed by atoms with Gasteiger partial charge in [-0.3, -0.25) is 4.99 Å². The largest absolute Gasteiger partial charge is 0.434 e. The molecule has 0 saturated heterocycles. The van der Waals surface area contributed by atoms with Gasteiger partial charge in [0, 0.05) is 31.9 Å². The number of guanidine groups is 1. The van der Waals surface area contributed by atoms with Gasteiger partial charge in [-0.05, 0) is 27.1 Å². The molecule has 126 valence electrons. The molecule has 0 atom stereocenters. The van der Waals surface area contributed by atoms with Gasteiger partial charge in [-0.1, -0.05) is 0 Å². The van der Waals surface area contributed by atoms with Crippen molar-refractivity contribution in [2.75, 3.05) is 40.8 Å². The average Bonchev–Trinajstić information content (AvgIpc) is 2.90. The van der Waals surface area contributed by atoms with Gasteiger partial charge in [0.2, 0.25) is 0 Å². The summed E-state index contributed by atoms with van der Waals surface area (Å²) in [6.07, 6.45) is -2.96. The Labute approximate surface area is 132 Å². The molecule has 0 aliphatic carbocycles. The van der Waals surface area contributed by atoms with Crippen LogP contribution in [-0.4, -0.2) is 56.6 Å². The minimum atomic E-state index is -4.37. The van der Waals surface area contributed by atoms with Crippen molar-refractivity contribution < 1.29 is 13.2 Å². The predicted octanol–water partition coefficient (Wildman–Crippen LogP) is 1.82. The molecule has 1 heterocycles. The van der Waals surface area contributed by atoms with E-state index in [-0.39, 0.29) is 0 Å². The smallest absolute Gasteiger partial charge is 0.356 e. The number of hydrogen-bond donors (Lipinski definition) is 2. The molecular formula is C13H22F3N5S. The predicted molar refractivity (Wildman–Crippen MR) is 83.4 cm³/mol. The van der Waals surface area contributed by atoms with E-state index in [0.29, 0.717) is 23.9 Å². The first kappa shape index (κ1) is 18.7.